The highest BCUT2D eigenvalue weighted by Gasteiger charge is 2.16. The molecule has 0 heteroatoms. The second-order valence-corrected chi connectivity index (χ2v) is 11.6. The molecule has 0 aromatic heterocycles. The van der Waals surface area contributed by atoms with Gasteiger partial charge in [-0.2, -0.15) is 0 Å². The van der Waals surface area contributed by atoms with Crippen LogP contribution in [0.3, 0.4) is 0 Å². The average Bonchev–Trinajstić information content (AvgIpc) is 3.04. The predicted molar refractivity (Wildman–Crippen MR) is 193 cm³/mol. The first kappa shape index (κ1) is 28.9. The molecule has 0 amide bonds. The Bertz CT molecular complexity index is 2010. The van der Waals surface area contributed by atoms with E-state index in [9.17, 15) is 0 Å². The predicted octanol–water partition coefficient (Wildman–Crippen LogP) is 12.0. The molecule has 44 heavy (non-hydrogen) atoms. The van der Waals surface area contributed by atoms with Crippen LogP contribution in [0.1, 0.15) is 33.4 Å². The second-order valence-electron chi connectivity index (χ2n) is 11.6. The van der Waals surface area contributed by atoms with E-state index in [0.717, 1.165) is 12.0 Å². The minimum absolute atomic E-state index is 0.876. The minimum Gasteiger partial charge on any atom is -0.0912 e. The summed E-state index contributed by atoms with van der Waals surface area (Å²) in [4.78, 5) is 0. The molecule has 6 aromatic rings. The second kappa shape index (κ2) is 13.0. The molecule has 0 nitrogen and oxygen atoms in total. The average molecular weight is 567 g/mol. The SMILES string of the molecule is C=C(/C=C/C=C(\C=C/Cc1ccccc1C)c1c2ccccc2c(-c2ccc(C)cc2)c2ccccc12)c1ccccc1C. The van der Waals surface area contributed by atoms with Crippen molar-refractivity contribution in [2.45, 2.75) is 27.2 Å². The Balaban J connectivity index is 1.54. The first-order valence-corrected chi connectivity index (χ1v) is 15.4. The molecule has 0 N–H and O–H groups in total. The Hall–Kier alpha value is -5.20. The van der Waals surface area contributed by atoms with Gasteiger partial charge in [-0.25, -0.2) is 0 Å². The molecule has 0 radical (unpaired) electrons. The standard InChI is InChI=1S/C44H38/c1-31-27-29-37(30-28-31)44-41-25-11-9-23-39(41)43(40-24-10-12-26-42(40)44)36(21-14-19-35-18-7-5-15-32(35)2)20-13-17-34(4)38-22-8-6-16-33(38)3/h5-18,20-30H,4,19H2,1-3H3/b17-13+,21-14-,36-20+. The lowest BCUT2D eigenvalue weighted by Gasteiger charge is -2.18. The van der Waals surface area contributed by atoms with Gasteiger partial charge in [0.2, 0.25) is 0 Å². The van der Waals surface area contributed by atoms with Gasteiger partial charge in [-0.3, -0.25) is 0 Å². The van der Waals surface area contributed by atoms with E-state index in [1.54, 1.807) is 0 Å². The smallest absolute Gasteiger partial charge is 0.00264 e. The minimum atomic E-state index is 0.876. The van der Waals surface area contributed by atoms with Crippen LogP contribution in [-0.2, 0) is 6.42 Å². The summed E-state index contributed by atoms with van der Waals surface area (Å²) in [6.45, 7) is 10.8. The zero-order valence-electron chi connectivity index (χ0n) is 25.8. The van der Waals surface area contributed by atoms with Crippen molar-refractivity contribution in [3.05, 3.63) is 192 Å². The van der Waals surface area contributed by atoms with E-state index >= 15 is 0 Å². The molecule has 6 rings (SSSR count). The molecule has 6 aromatic carbocycles. The zero-order chi connectivity index (χ0) is 30.5. The van der Waals surface area contributed by atoms with Crippen LogP contribution in [-0.4, -0.2) is 0 Å². The molecule has 0 saturated carbocycles. The lowest BCUT2D eigenvalue weighted by molar-refractivity contribution is 1.21. The number of allylic oxidation sites excluding steroid dienone is 7. The molecule has 0 aliphatic carbocycles. The molecule has 0 atom stereocenters. The van der Waals surface area contributed by atoms with E-state index in [1.807, 2.05) is 0 Å². The van der Waals surface area contributed by atoms with Gasteiger partial charge >= 0.3 is 0 Å². The summed E-state index contributed by atoms with van der Waals surface area (Å²) in [6, 6.07) is 43.7. The lowest BCUT2D eigenvalue weighted by Crippen LogP contribution is -1.93. The maximum atomic E-state index is 4.38. The highest BCUT2D eigenvalue weighted by atomic mass is 14.2. The number of hydrogen-bond acceptors (Lipinski definition) is 0. The zero-order valence-corrected chi connectivity index (χ0v) is 25.8. The van der Waals surface area contributed by atoms with Gasteiger partial charge in [-0.1, -0.05) is 164 Å². The monoisotopic (exact) mass is 566 g/mol. The van der Waals surface area contributed by atoms with Crippen LogP contribution in [0, 0.1) is 20.8 Å². The first-order chi connectivity index (χ1) is 21.5. The molecule has 0 aliphatic rings. The number of rotatable bonds is 8. The van der Waals surface area contributed by atoms with Gasteiger partial charge in [0.15, 0.2) is 0 Å². The highest BCUT2D eigenvalue weighted by molar-refractivity contribution is 6.19. The molecule has 0 saturated heterocycles. The summed E-state index contributed by atoms with van der Waals surface area (Å²) >= 11 is 0. The molecule has 0 bridgehead atoms. The van der Waals surface area contributed by atoms with Crippen molar-refractivity contribution in [3.8, 4) is 11.1 Å². The number of hydrogen-bond donors (Lipinski definition) is 0. The van der Waals surface area contributed by atoms with Crippen molar-refractivity contribution in [3.63, 3.8) is 0 Å². The normalized spacial score (nSPS) is 12.1. The van der Waals surface area contributed by atoms with Crippen molar-refractivity contribution < 1.29 is 0 Å². The van der Waals surface area contributed by atoms with Crippen molar-refractivity contribution in [2.24, 2.45) is 0 Å². The fourth-order valence-corrected chi connectivity index (χ4v) is 6.14. The van der Waals surface area contributed by atoms with Crippen LogP contribution in [0.15, 0.2) is 158 Å². The van der Waals surface area contributed by atoms with E-state index < -0.39 is 0 Å². The van der Waals surface area contributed by atoms with Gasteiger partial charge in [-0.05, 0) is 98.8 Å². The summed E-state index contributed by atoms with van der Waals surface area (Å²) in [5.74, 6) is 0. The van der Waals surface area contributed by atoms with Crippen LogP contribution < -0.4 is 0 Å². The molecular formula is C44H38. The highest BCUT2D eigenvalue weighted by Crippen LogP contribution is 2.42. The van der Waals surface area contributed by atoms with Gasteiger partial charge < -0.3 is 0 Å². The fourth-order valence-electron chi connectivity index (χ4n) is 6.14. The van der Waals surface area contributed by atoms with Crippen molar-refractivity contribution in [2.75, 3.05) is 0 Å². The van der Waals surface area contributed by atoms with E-state index in [4.69, 9.17) is 0 Å². The third kappa shape index (κ3) is 5.98. The third-order valence-electron chi connectivity index (χ3n) is 8.52. The summed E-state index contributed by atoms with van der Waals surface area (Å²) in [7, 11) is 0. The van der Waals surface area contributed by atoms with Crippen LogP contribution >= 0.6 is 0 Å². The summed E-state index contributed by atoms with van der Waals surface area (Å²) < 4.78 is 0. The number of aryl methyl sites for hydroxylation is 3. The number of fused-ring (bicyclic) bond motifs is 2. The van der Waals surface area contributed by atoms with E-state index in [2.05, 4.69) is 179 Å². The maximum Gasteiger partial charge on any atom is -0.00264 e. The molecule has 0 unspecified atom stereocenters. The lowest BCUT2D eigenvalue weighted by atomic mass is 9.85. The van der Waals surface area contributed by atoms with Gasteiger partial charge in [-0.15, -0.1) is 0 Å². The molecule has 0 aliphatic heterocycles. The molecule has 214 valence electrons. The van der Waals surface area contributed by atoms with Crippen molar-refractivity contribution in [1.29, 1.82) is 0 Å². The molecule has 0 fully saturated rings. The number of benzene rings is 6. The first-order valence-electron chi connectivity index (χ1n) is 15.4. The Morgan fingerprint density at radius 3 is 1.80 bits per heavy atom. The topological polar surface area (TPSA) is 0 Å². The summed E-state index contributed by atoms with van der Waals surface area (Å²) in [6.07, 6.45) is 12.0. The van der Waals surface area contributed by atoms with Crippen LogP contribution in [0.4, 0.5) is 0 Å². The largest absolute Gasteiger partial charge is 0.0912 e. The Labute approximate surface area is 262 Å². The fraction of sp³-hybridized carbons (Fsp3) is 0.0909. The van der Waals surface area contributed by atoms with Crippen molar-refractivity contribution in [1.82, 2.24) is 0 Å². The summed E-state index contributed by atoms with van der Waals surface area (Å²) in [5.41, 5.74) is 12.3. The van der Waals surface area contributed by atoms with E-state index in [1.165, 1.54) is 71.6 Å². The van der Waals surface area contributed by atoms with Crippen LogP contribution in [0.5, 0.6) is 0 Å². The van der Waals surface area contributed by atoms with Crippen molar-refractivity contribution >= 4 is 32.7 Å². The Morgan fingerprint density at radius 2 is 1.16 bits per heavy atom. The Kier molecular flexibility index (Phi) is 8.52. The van der Waals surface area contributed by atoms with Crippen LogP contribution in [0.25, 0.3) is 43.8 Å². The van der Waals surface area contributed by atoms with Crippen LogP contribution in [0.2, 0.25) is 0 Å². The van der Waals surface area contributed by atoms with E-state index in [0.29, 0.717) is 0 Å². The van der Waals surface area contributed by atoms with Gasteiger partial charge in [0.1, 0.15) is 0 Å². The van der Waals surface area contributed by atoms with Gasteiger partial charge in [0.25, 0.3) is 0 Å². The summed E-state index contributed by atoms with van der Waals surface area (Å²) in [5, 5.41) is 5.02. The molecule has 0 heterocycles. The van der Waals surface area contributed by atoms with E-state index in [-0.39, 0.29) is 0 Å². The quantitative estimate of drug-likeness (QED) is 0.127. The van der Waals surface area contributed by atoms with Gasteiger partial charge in [0.05, 0.1) is 0 Å². The maximum absolute atomic E-state index is 4.38. The molecule has 0 spiro atoms. The molecular weight excluding hydrogens is 528 g/mol. The van der Waals surface area contributed by atoms with Gasteiger partial charge in [0, 0.05) is 0 Å². The third-order valence-corrected chi connectivity index (χ3v) is 8.52. The Morgan fingerprint density at radius 1 is 0.591 bits per heavy atom.